The van der Waals surface area contributed by atoms with Gasteiger partial charge in [-0.25, -0.2) is 18.2 Å². The van der Waals surface area contributed by atoms with E-state index in [4.69, 9.17) is 4.74 Å². The molecule has 1 aliphatic rings. The second-order valence-corrected chi connectivity index (χ2v) is 12.4. The maximum absolute atomic E-state index is 14.1. The van der Waals surface area contributed by atoms with Crippen LogP contribution in [0.2, 0.25) is 0 Å². The highest BCUT2D eigenvalue weighted by molar-refractivity contribution is 7.93. The summed E-state index contributed by atoms with van der Waals surface area (Å²) in [6, 6.07) is 19.5. The van der Waals surface area contributed by atoms with Crippen molar-refractivity contribution in [3.05, 3.63) is 104 Å². The maximum atomic E-state index is 14.1. The topological polar surface area (TPSA) is 137 Å². The van der Waals surface area contributed by atoms with Crippen molar-refractivity contribution in [2.75, 3.05) is 0 Å². The number of aliphatic carboxylic acids is 1. The van der Waals surface area contributed by atoms with Crippen LogP contribution < -0.4 is 4.74 Å². The Bertz CT molecular complexity index is 1650. The summed E-state index contributed by atoms with van der Waals surface area (Å²) in [6.07, 6.45) is 0.401. The molecule has 0 spiro atoms. The van der Waals surface area contributed by atoms with E-state index in [1.807, 2.05) is 6.07 Å². The number of ether oxygens (including phenoxy) is 1. The van der Waals surface area contributed by atoms with Crippen molar-refractivity contribution in [1.29, 1.82) is 0 Å². The lowest BCUT2D eigenvalue weighted by atomic mass is 9.92. The van der Waals surface area contributed by atoms with Gasteiger partial charge in [0.05, 0.1) is 10.6 Å². The molecule has 11 heteroatoms. The zero-order valence-electron chi connectivity index (χ0n) is 20.8. The van der Waals surface area contributed by atoms with Crippen molar-refractivity contribution >= 4 is 32.8 Å². The quantitative estimate of drug-likeness (QED) is 0.204. The Morgan fingerprint density at radius 1 is 1.05 bits per heavy atom. The lowest BCUT2D eigenvalue weighted by Crippen LogP contribution is -2.26. The van der Waals surface area contributed by atoms with Crippen molar-refractivity contribution in [2.24, 2.45) is 0 Å². The van der Waals surface area contributed by atoms with Crippen LogP contribution in [0.1, 0.15) is 40.2 Å². The summed E-state index contributed by atoms with van der Waals surface area (Å²) in [5.41, 5.74) is 2.86. The van der Waals surface area contributed by atoms with Gasteiger partial charge in [-0.2, -0.15) is 0 Å². The van der Waals surface area contributed by atoms with Gasteiger partial charge in [-0.05, 0) is 36.5 Å². The molecule has 1 aliphatic carbocycles. The number of non-ortho nitro benzene ring substituents is 1. The van der Waals surface area contributed by atoms with E-state index < -0.39 is 32.1 Å². The molecule has 0 radical (unpaired) electrons. The summed E-state index contributed by atoms with van der Waals surface area (Å²) in [7, 11) is -4.05. The van der Waals surface area contributed by atoms with Crippen LogP contribution >= 0.6 is 11.3 Å². The Labute approximate surface area is 228 Å². The fourth-order valence-electron chi connectivity index (χ4n) is 4.74. The van der Waals surface area contributed by atoms with E-state index in [1.54, 1.807) is 49.4 Å². The minimum atomic E-state index is -4.05. The van der Waals surface area contributed by atoms with Gasteiger partial charge in [0, 0.05) is 28.1 Å². The van der Waals surface area contributed by atoms with E-state index in [2.05, 4.69) is 4.98 Å². The second kappa shape index (κ2) is 10.6. The number of carboxylic acids is 1. The first kappa shape index (κ1) is 26.5. The number of carboxylic acid groups (broad SMARTS) is 1. The third-order valence-corrected chi connectivity index (χ3v) is 10.2. The molecule has 4 aromatic rings. The van der Waals surface area contributed by atoms with Crippen molar-refractivity contribution < 1.29 is 28.0 Å². The van der Waals surface area contributed by atoms with Crippen molar-refractivity contribution in [1.82, 2.24) is 4.98 Å². The summed E-state index contributed by atoms with van der Waals surface area (Å²) in [5.74, 6) is -0.593. The molecule has 2 unspecified atom stereocenters. The molecule has 0 fully saturated rings. The molecule has 9 nitrogen and oxygen atoms in total. The number of fused-ring (bicyclic) bond motifs is 3. The third kappa shape index (κ3) is 5.02. The highest BCUT2D eigenvalue weighted by Crippen LogP contribution is 2.44. The fourth-order valence-corrected chi connectivity index (χ4v) is 8.05. The number of carbonyl (C=O) groups is 1. The van der Waals surface area contributed by atoms with Crippen LogP contribution in [0.5, 0.6) is 5.75 Å². The standard InChI is InChI=1S/C28H24N2O7S2/c1-2-22(27(31)32)37-23-10-6-9-21-20(23)15-16-24-25(21)29-28(38-24)39(35,36)26(17-7-4-3-5-8-17)18-11-13-19(14-12-18)30(33)34/h3-14,22,26H,2,15-16H2,1H3,(H,31,32). The maximum Gasteiger partial charge on any atom is 0.344 e. The SMILES string of the molecule is CCC(Oc1cccc2c1CCc1sc(S(=O)(=O)C(c3ccccc3)c3ccc([N+](=O)[O-])cc3)nc1-2)C(=O)O. The number of sulfone groups is 1. The molecule has 0 bridgehead atoms. The van der Waals surface area contributed by atoms with Gasteiger partial charge in [-0.3, -0.25) is 10.1 Å². The van der Waals surface area contributed by atoms with Crippen LogP contribution in [-0.2, 0) is 27.5 Å². The highest BCUT2D eigenvalue weighted by atomic mass is 32.2. The van der Waals surface area contributed by atoms with E-state index in [9.17, 15) is 28.4 Å². The number of hydrogen-bond donors (Lipinski definition) is 1. The molecule has 0 saturated carbocycles. The number of aryl methyl sites for hydroxylation is 1. The van der Waals surface area contributed by atoms with Crippen LogP contribution in [-0.4, -0.2) is 35.5 Å². The number of aromatic nitrogens is 1. The number of rotatable bonds is 9. The first-order chi connectivity index (χ1) is 18.7. The van der Waals surface area contributed by atoms with E-state index in [0.29, 0.717) is 41.8 Å². The fraction of sp³-hybridized carbons (Fsp3) is 0.214. The summed E-state index contributed by atoms with van der Waals surface area (Å²) >= 11 is 1.12. The lowest BCUT2D eigenvalue weighted by molar-refractivity contribution is -0.384. The van der Waals surface area contributed by atoms with Crippen molar-refractivity contribution in [2.45, 2.75) is 41.9 Å². The Balaban J connectivity index is 1.58. The van der Waals surface area contributed by atoms with Crippen LogP contribution in [0.4, 0.5) is 5.69 Å². The minimum Gasteiger partial charge on any atom is -0.479 e. The van der Waals surface area contributed by atoms with E-state index in [1.165, 1.54) is 24.3 Å². The third-order valence-electron chi connectivity index (χ3n) is 6.65. The predicted molar refractivity (Wildman–Crippen MR) is 146 cm³/mol. The molecule has 0 saturated heterocycles. The molecular weight excluding hydrogens is 540 g/mol. The van der Waals surface area contributed by atoms with Crippen LogP contribution in [0.3, 0.4) is 0 Å². The molecule has 5 rings (SSSR count). The Morgan fingerprint density at radius 2 is 1.74 bits per heavy atom. The molecule has 3 aromatic carbocycles. The molecule has 0 aliphatic heterocycles. The predicted octanol–water partition coefficient (Wildman–Crippen LogP) is 5.62. The Hall–Kier alpha value is -4.09. The largest absolute Gasteiger partial charge is 0.479 e. The van der Waals surface area contributed by atoms with Gasteiger partial charge in [0.25, 0.3) is 5.69 Å². The molecular formula is C28H24N2O7S2. The van der Waals surface area contributed by atoms with Gasteiger partial charge >= 0.3 is 5.97 Å². The number of nitro benzene ring substituents is 1. The molecule has 0 amide bonds. The summed E-state index contributed by atoms with van der Waals surface area (Å²) < 4.78 is 34.0. The van der Waals surface area contributed by atoms with Gasteiger partial charge < -0.3 is 9.84 Å². The average Bonchev–Trinajstić information content (AvgIpc) is 3.38. The van der Waals surface area contributed by atoms with Crippen LogP contribution in [0.15, 0.2) is 77.1 Å². The second-order valence-electron chi connectivity index (χ2n) is 9.07. The number of benzene rings is 3. The smallest absolute Gasteiger partial charge is 0.344 e. The average molecular weight is 565 g/mol. The molecule has 1 N–H and O–H groups in total. The zero-order valence-corrected chi connectivity index (χ0v) is 22.4. The van der Waals surface area contributed by atoms with Crippen molar-refractivity contribution in [3.8, 4) is 17.0 Å². The first-order valence-electron chi connectivity index (χ1n) is 12.2. The highest BCUT2D eigenvalue weighted by Gasteiger charge is 2.36. The molecule has 200 valence electrons. The number of nitrogens with zero attached hydrogens (tertiary/aromatic N) is 2. The molecule has 39 heavy (non-hydrogen) atoms. The van der Waals surface area contributed by atoms with Crippen LogP contribution in [0.25, 0.3) is 11.3 Å². The molecule has 1 heterocycles. The number of hydrogen-bond acceptors (Lipinski definition) is 8. The number of nitro groups is 1. The molecule has 2 atom stereocenters. The first-order valence-corrected chi connectivity index (χ1v) is 14.6. The van der Waals surface area contributed by atoms with Crippen LogP contribution in [0, 0.1) is 10.1 Å². The van der Waals surface area contributed by atoms with Gasteiger partial charge in [0.15, 0.2) is 6.10 Å². The number of thiazole rings is 1. The lowest BCUT2D eigenvalue weighted by Gasteiger charge is -2.21. The van der Waals surface area contributed by atoms with Gasteiger partial charge in [0.2, 0.25) is 14.2 Å². The summed E-state index contributed by atoms with van der Waals surface area (Å²) in [6.45, 7) is 1.73. The Morgan fingerprint density at radius 3 is 2.38 bits per heavy atom. The van der Waals surface area contributed by atoms with Gasteiger partial charge in [-0.1, -0.05) is 61.5 Å². The molecule has 1 aromatic heterocycles. The normalized spacial score (nSPS) is 14.1. The summed E-state index contributed by atoms with van der Waals surface area (Å²) in [5, 5.41) is 19.5. The monoisotopic (exact) mass is 564 g/mol. The van der Waals surface area contributed by atoms with Gasteiger partial charge in [-0.15, -0.1) is 11.3 Å². The summed E-state index contributed by atoms with van der Waals surface area (Å²) in [4.78, 5) is 27.6. The van der Waals surface area contributed by atoms with E-state index in [0.717, 1.165) is 27.3 Å². The Kier molecular flexibility index (Phi) is 7.19. The minimum absolute atomic E-state index is 0.0455. The van der Waals surface area contributed by atoms with Crippen molar-refractivity contribution in [3.63, 3.8) is 0 Å². The van der Waals surface area contributed by atoms with E-state index in [-0.39, 0.29) is 10.0 Å². The van der Waals surface area contributed by atoms with E-state index >= 15 is 0 Å². The zero-order chi connectivity index (χ0) is 27.7. The van der Waals surface area contributed by atoms with Gasteiger partial charge in [0.1, 0.15) is 11.0 Å².